The minimum atomic E-state index is -3.98. The van der Waals surface area contributed by atoms with E-state index in [4.69, 9.17) is 0 Å². The van der Waals surface area contributed by atoms with Gasteiger partial charge in [-0.3, -0.25) is 9.59 Å². The second-order valence-corrected chi connectivity index (χ2v) is 8.08. The Morgan fingerprint density at radius 3 is 2.60 bits per heavy atom. The number of thiazole rings is 1. The Morgan fingerprint density at radius 1 is 1.45 bits per heavy atom. The van der Waals surface area contributed by atoms with Crippen LogP contribution in [-0.4, -0.2) is 40.9 Å². The molecule has 2 N–H and O–H groups in total. The van der Waals surface area contributed by atoms with Gasteiger partial charge >= 0.3 is 10.8 Å². The monoisotopic (exact) mass is 320 g/mol. The summed E-state index contributed by atoms with van der Waals surface area (Å²) >= 11 is 0.594. The molecule has 2 rings (SSSR count). The predicted octanol–water partition coefficient (Wildman–Crippen LogP) is 0.763. The van der Waals surface area contributed by atoms with Gasteiger partial charge in [0.25, 0.3) is 10.0 Å². The number of hydrogen-bond acceptors (Lipinski definition) is 5. The molecule has 1 atom stereocenters. The van der Waals surface area contributed by atoms with Crippen LogP contribution in [0.15, 0.2) is 9.00 Å². The fourth-order valence-electron chi connectivity index (χ4n) is 2.43. The molecule has 1 saturated heterocycles. The van der Waals surface area contributed by atoms with Crippen molar-refractivity contribution in [3.05, 3.63) is 15.4 Å². The number of carboxylic acids is 1. The molecule has 0 spiro atoms. The fraction of sp³-hybridized carbons (Fsp3) is 0.636. The molecular formula is C11H16N2O5S2. The number of carbonyl (C=O) groups is 1. The third kappa shape index (κ3) is 2.29. The van der Waals surface area contributed by atoms with Gasteiger partial charge in [0.05, 0.1) is 0 Å². The van der Waals surface area contributed by atoms with Crippen LogP contribution in [-0.2, 0) is 14.8 Å². The highest BCUT2D eigenvalue weighted by atomic mass is 32.2. The number of hydrogen-bond donors (Lipinski definition) is 2. The maximum atomic E-state index is 12.7. The van der Waals surface area contributed by atoms with Crippen molar-refractivity contribution in [2.45, 2.75) is 42.9 Å². The highest BCUT2D eigenvalue weighted by molar-refractivity contribution is 7.91. The van der Waals surface area contributed by atoms with Gasteiger partial charge in [-0.2, -0.15) is 4.31 Å². The average molecular weight is 320 g/mol. The molecule has 112 valence electrons. The quantitative estimate of drug-likeness (QED) is 0.855. The van der Waals surface area contributed by atoms with E-state index in [1.54, 1.807) is 0 Å². The number of H-pyrrole nitrogens is 1. The molecule has 0 bridgehead atoms. The highest BCUT2D eigenvalue weighted by Crippen LogP contribution is 2.34. The van der Waals surface area contributed by atoms with Crippen molar-refractivity contribution in [1.29, 1.82) is 0 Å². The normalized spacial score (nSPS) is 24.7. The first-order valence-corrected chi connectivity index (χ1v) is 8.41. The summed E-state index contributed by atoms with van der Waals surface area (Å²) in [6.07, 6.45) is 1.54. The Labute approximate surface area is 120 Å². The van der Waals surface area contributed by atoms with Crippen LogP contribution < -0.4 is 4.87 Å². The molecule has 0 aromatic carbocycles. The summed E-state index contributed by atoms with van der Waals surface area (Å²) in [5.74, 6) is -1.17. The molecule has 0 amide bonds. The van der Waals surface area contributed by atoms with Gasteiger partial charge in [-0.25, -0.2) is 8.42 Å². The predicted molar refractivity (Wildman–Crippen MR) is 73.5 cm³/mol. The largest absolute Gasteiger partial charge is 0.480 e. The summed E-state index contributed by atoms with van der Waals surface area (Å²) in [5, 5.41) is 9.38. The van der Waals surface area contributed by atoms with Crippen molar-refractivity contribution in [2.75, 3.05) is 6.54 Å². The van der Waals surface area contributed by atoms with Gasteiger partial charge in [-0.05, 0) is 33.1 Å². The standard InChI is InChI=1S/C11H16N2O5S2/c1-7-8(19-10(16)12-7)20(17,18)13-6-4-3-5-11(13,2)9(14)15/h3-6H2,1-2H3,(H,12,16)(H,14,15). The lowest BCUT2D eigenvalue weighted by Crippen LogP contribution is -2.57. The fourth-order valence-corrected chi connectivity index (χ4v) is 5.63. The van der Waals surface area contributed by atoms with E-state index in [-0.39, 0.29) is 22.9 Å². The summed E-state index contributed by atoms with van der Waals surface area (Å²) in [5.41, 5.74) is -1.21. The number of carboxylic acid groups (broad SMARTS) is 1. The Hall–Kier alpha value is -1.19. The minimum Gasteiger partial charge on any atom is -0.480 e. The lowest BCUT2D eigenvalue weighted by molar-refractivity contribution is -0.149. The first-order valence-electron chi connectivity index (χ1n) is 6.15. The Kier molecular flexibility index (Phi) is 3.78. The van der Waals surface area contributed by atoms with E-state index in [1.807, 2.05) is 0 Å². The van der Waals surface area contributed by atoms with E-state index >= 15 is 0 Å². The van der Waals surface area contributed by atoms with Crippen LogP contribution >= 0.6 is 11.3 Å². The zero-order valence-corrected chi connectivity index (χ0v) is 12.8. The molecule has 1 aliphatic heterocycles. The Bertz CT molecular complexity index is 690. The van der Waals surface area contributed by atoms with Crippen LogP contribution in [0.1, 0.15) is 31.9 Å². The molecule has 1 aromatic heterocycles. The van der Waals surface area contributed by atoms with Crippen LogP contribution in [0.25, 0.3) is 0 Å². The van der Waals surface area contributed by atoms with Crippen molar-refractivity contribution < 1.29 is 18.3 Å². The van der Waals surface area contributed by atoms with Gasteiger partial charge in [0.2, 0.25) is 0 Å². The molecule has 1 fully saturated rings. The molecule has 2 heterocycles. The molecule has 0 radical (unpaired) electrons. The number of rotatable bonds is 3. The third-order valence-corrected chi connectivity index (χ3v) is 7.19. The number of nitrogens with one attached hydrogen (secondary N) is 1. The van der Waals surface area contributed by atoms with Crippen LogP contribution in [0.5, 0.6) is 0 Å². The Morgan fingerprint density at radius 2 is 2.10 bits per heavy atom. The lowest BCUT2D eigenvalue weighted by atomic mass is 9.91. The van der Waals surface area contributed by atoms with E-state index in [0.717, 1.165) is 4.31 Å². The van der Waals surface area contributed by atoms with E-state index in [2.05, 4.69) is 4.98 Å². The number of sulfonamides is 1. The number of nitrogens with zero attached hydrogens (tertiary/aromatic N) is 1. The summed E-state index contributed by atoms with van der Waals surface area (Å²) in [4.78, 5) is 24.7. The Balaban J connectivity index is 2.55. The van der Waals surface area contributed by atoms with Gasteiger partial charge < -0.3 is 10.1 Å². The van der Waals surface area contributed by atoms with Crippen LogP contribution in [0, 0.1) is 6.92 Å². The van der Waals surface area contributed by atoms with Crippen LogP contribution in [0.4, 0.5) is 0 Å². The maximum Gasteiger partial charge on any atom is 0.324 e. The third-order valence-electron chi connectivity index (χ3n) is 3.59. The molecular weight excluding hydrogens is 304 g/mol. The smallest absolute Gasteiger partial charge is 0.324 e. The number of aromatic amines is 1. The molecule has 9 heteroatoms. The summed E-state index contributed by atoms with van der Waals surface area (Å²) in [6.45, 7) is 3.06. The van der Waals surface area contributed by atoms with Crippen molar-refractivity contribution in [2.24, 2.45) is 0 Å². The van der Waals surface area contributed by atoms with Crippen molar-refractivity contribution in [1.82, 2.24) is 9.29 Å². The van der Waals surface area contributed by atoms with Gasteiger partial charge in [0.1, 0.15) is 5.54 Å². The molecule has 0 saturated carbocycles. The molecule has 20 heavy (non-hydrogen) atoms. The van der Waals surface area contributed by atoms with Crippen molar-refractivity contribution in [3.63, 3.8) is 0 Å². The van der Waals surface area contributed by atoms with Gasteiger partial charge in [0, 0.05) is 12.2 Å². The molecule has 1 unspecified atom stereocenters. The van der Waals surface area contributed by atoms with Crippen LogP contribution in [0.3, 0.4) is 0 Å². The van der Waals surface area contributed by atoms with Gasteiger partial charge in [-0.15, -0.1) is 0 Å². The van der Waals surface area contributed by atoms with Gasteiger partial charge in [-0.1, -0.05) is 11.3 Å². The lowest BCUT2D eigenvalue weighted by Gasteiger charge is -2.40. The summed E-state index contributed by atoms with van der Waals surface area (Å²) < 4.78 is 26.2. The number of aromatic nitrogens is 1. The number of piperidine rings is 1. The van der Waals surface area contributed by atoms with Crippen LogP contribution in [0.2, 0.25) is 0 Å². The molecule has 7 nitrogen and oxygen atoms in total. The highest BCUT2D eigenvalue weighted by Gasteiger charge is 2.48. The molecule has 1 aliphatic rings. The second kappa shape index (κ2) is 4.97. The van der Waals surface area contributed by atoms with E-state index in [0.29, 0.717) is 24.2 Å². The minimum absolute atomic E-state index is 0.100. The number of aliphatic carboxylic acids is 1. The van der Waals surface area contributed by atoms with Gasteiger partial charge in [0.15, 0.2) is 4.21 Å². The topological polar surface area (TPSA) is 108 Å². The first-order chi connectivity index (χ1) is 9.19. The summed E-state index contributed by atoms with van der Waals surface area (Å²) in [7, 11) is -3.98. The summed E-state index contributed by atoms with van der Waals surface area (Å²) in [6, 6.07) is 0. The maximum absolute atomic E-state index is 12.7. The molecule has 0 aliphatic carbocycles. The van der Waals surface area contributed by atoms with E-state index < -0.39 is 26.4 Å². The number of aryl methyl sites for hydroxylation is 1. The van der Waals surface area contributed by atoms with Crippen molar-refractivity contribution >= 4 is 27.3 Å². The molecule has 1 aromatic rings. The zero-order chi connectivity index (χ0) is 15.1. The first kappa shape index (κ1) is 15.2. The van der Waals surface area contributed by atoms with E-state index in [9.17, 15) is 23.1 Å². The van der Waals surface area contributed by atoms with E-state index in [1.165, 1.54) is 13.8 Å². The average Bonchev–Trinajstić information content (AvgIpc) is 2.69. The second-order valence-electron chi connectivity index (χ2n) is 5.04. The van der Waals surface area contributed by atoms with Crippen molar-refractivity contribution in [3.8, 4) is 0 Å². The SMILES string of the molecule is Cc1[nH]c(=O)sc1S(=O)(=O)N1CCCCC1(C)C(=O)O. The zero-order valence-electron chi connectivity index (χ0n) is 11.2.